The second-order valence-electron chi connectivity index (χ2n) is 7.38. The van der Waals surface area contributed by atoms with Crippen LogP contribution in [0.5, 0.6) is 0 Å². The number of benzene rings is 1. The summed E-state index contributed by atoms with van der Waals surface area (Å²) >= 11 is 6.02. The van der Waals surface area contributed by atoms with E-state index in [9.17, 15) is 22.6 Å². The number of H-pyrrole nitrogens is 1. The van der Waals surface area contributed by atoms with Crippen molar-refractivity contribution in [1.82, 2.24) is 9.97 Å². The van der Waals surface area contributed by atoms with Crippen LogP contribution in [0.4, 0.5) is 0 Å². The van der Waals surface area contributed by atoms with Gasteiger partial charge in [-0.25, -0.2) is 4.98 Å². The van der Waals surface area contributed by atoms with Crippen molar-refractivity contribution >= 4 is 44.4 Å². The fourth-order valence-corrected chi connectivity index (χ4v) is 5.62. The lowest BCUT2D eigenvalue weighted by atomic mass is 9.87. The van der Waals surface area contributed by atoms with Crippen molar-refractivity contribution in [2.24, 2.45) is 5.73 Å². The maximum absolute atomic E-state index is 13.5. The number of carbonyl (C=O) groups is 2. The number of halogens is 1. The van der Waals surface area contributed by atoms with Crippen LogP contribution in [0.25, 0.3) is 11.0 Å². The third-order valence-electron chi connectivity index (χ3n) is 5.69. The van der Waals surface area contributed by atoms with Crippen LogP contribution >= 0.6 is 11.6 Å². The third kappa shape index (κ3) is 3.19. The number of nitrogens with two attached hydrogens (primary N) is 1. The largest absolute Gasteiger partial charge is 0.366 e. The molecule has 0 saturated heterocycles. The molecule has 4 N–H and O–H groups in total. The van der Waals surface area contributed by atoms with Gasteiger partial charge in [-0.05, 0) is 36.6 Å². The molecule has 2 aromatic heterocycles. The van der Waals surface area contributed by atoms with Crippen molar-refractivity contribution < 1.29 is 22.6 Å². The van der Waals surface area contributed by atoms with Crippen LogP contribution in [0.3, 0.4) is 0 Å². The Labute approximate surface area is 177 Å². The van der Waals surface area contributed by atoms with Gasteiger partial charge in [-0.3, -0.25) is 14.1 Å². The first-order valence-corrected chi connectivity index (χ1v) is 11.0. The molecule has 1 amide bonds. The van der Waals surface area contributed by atoms with Gasteiger partial charge in [-0.15, -0.1) is 0 Å². The zero-order valence-electron chi connectivity index (χ0n) is 15.7. The number of aromatic amines is 1. The summed E-state index contributed by atoms with van der Waals surface area (Å²) in [5, 5.41) is 0.780. The SMILES string of the molecule is NC(=O)c1ccc(C2(S(=O)(=O)O)CCCC2)c(C(=O)c2c[nH]c3ncc(Cl)cc23)c1. The van der Waals surface area contributed by atoms with Crippen LogP contribution in [0.2, 0.25) is 5.02 Å². The quantitative estimate of drug-likeness (QED) is 0.404. The van der Waals surface area contributed by atoms with E-state index in [0.29, 0.717) is 28.9 Å². The van der Waals surface area contributed by atoms with E-state index < -0.39 is 26.6 Å². The van der Waals surface area contributed by atoms with Gasteiger partial charge in [0.2, 0.25) is 5.91 Å². The van der Waals surface area contributed by atoms with Gasteiger partial charge < -0.3 is 10.7 Å². The minimum atomic E-state index is -4.53. The fraction of sp³-hybridized carbons (Fsp3) is 0.250. The number of amides is 1. The molecule has 4 rings (SSSR count). The summed E-state index contributed by atoms with van der Waals surface area (Å²) in [7, 11) is -4.53. The molecule has 2 heterocycles. The van der Waals surface area contributed by atoms with Gasteiger partial charge in [0, 0.05) is 34.5 Å². The topological polar surface area (TPSA) is 143 Å². The molecule has 0 bridgehead atoms. The lowest BCUT2D eigenvalue weighted by Gasteiger charge is -2.28. The molecule has 1 aliphatic rings. The predicted octanol–water partition coefficient (Wildman–Crippen LogP) is 3.20. The maximum Gasteiger partial charge on any atom is 0.274 e. The van der Waals surface area contributed by atoms with Crippen LogP contribution in [-0.2, 0) is 14.9 Å². The molecule has 3 aromatic rings. The van der Waals surface area contributed by atoms with Crippen molar-refractivity contribution in [3.05, 3.63) is 63.9 Å². The molecule has 156 valence electrons. The second-order valence-corrected chi connectivity index (χ2v) is 9.55. The minimum absolute atomic E-state index is 0.00768. The van der Waals surface area contributed by atoms with Crippen molar-refractivity contribution in [3.8, 4) is 0 Å². The summed E-state index contributed by atoms with van der Waals surface area (Å²) in [4.78, 5) is 32.3. The summed E-state index contributed by atoms with van der Waals surface area (Å²) in [6, 6.07) is 5.61. The first kappa shape index (κ1) is 20.5. The Morgan fingerprint density at radius 1 is 1.17 bits per heavy atom. The number of ketones is 1. The second kappa shape index (κ2) is 7.19. The summed E-state index contributed by atoms with van der Waals surface area (Å²) in [5.41, 5.74) is 6.23. The first-order valence-electron chi connectivity index (χ1n) is 9.23. The number of rotatable bonds is 5. The van der Waals surface area contributed by atoms with E-state index in [4.69, 9.17) is 17.3 Å². The van der Waals surface area contributed by atoms with E-state index in [-0.39, 0.29) is 35.1 Å². The number of hydrogen-bond acceptors (Lipinski definition) is 5. The molecular formula is C20H18ClN3O5S. The molecule has 8 nitrogen and oxygen atoms in total. The van der Waals surface area contributed by atoms with Gasteiger partial charge in [-0.1, -0.05) is 30.5 Å². The molecule has 0 atom stereocenters. The number of primary amides is 1. The van der Waals surface area contributed by atoms with Crippen LogP contribution in [0.1, 0.15) is 57.5 Å². The lowest BCUT2D eigenvalue weighted by Crippen LogP contribution is -2.34. The third-order valence-corrected chi connectivity index (χ3v) is 7.51. The highest BCUT2D eigenvalue weighted by molar-refractivity contribution is 7.86. The van der Waals surface area contributed by atoms with Crippen LogP contribution in [0.15, 0.2) is 36.7 Å². The normalized spacial score (nSPS) is 16.1. The van der Waals surface area contributed by atoms with Gasteiger partial charge in [0.25, 0.3) is 10.1 Å². The van der Waals surface area contributed by atoms with E-state index in [1.807, 2.05) is 0 Å². The molecule has 0 radical (unpaired) electrons. The average Bonchev–Trinajstić information content (AvgIpc) is 3.34. The number of pyridine rings is 1. The van der Waals surface area contributed by atoms with Gasteiger partial charge in [-0.2, -0.15) is 8.42 Å². The smallest absolute Gasteiger partial charge is 0.274 e. The molecule has 10 heteroatoms. The summed E-state index contributed by atoms with van der Waals surface area (Å²) in [6.45, 7) is 0. The van der Waals surface area contributed by atoms with E-state index in [1.165, 1.54) is 30.6 Å². The minimum Gasteiger partial charge on any atom is -0.366 e. The Bertz CT molecular complexity index is 1290. The first-order chi connectivity index (χ1) is 14.1. The van der Waals surface area contributed by atoms with Crippen LogP contribution in [0, 0.1) is 0 Å². The summed E-state index contributed by atoms with van der Waals surface area (Å²) in [5.74, 6) is -1.29. The average molecular weight is 448 g/mol. The Kier molecular flexibility index (Phi) is 4.92. The zero-order chi connectivity index (χ0) is 21.7. The highest BCUT2D eigenvalue weighted by atomic mass is 35.5. The monoisotopic (exact) mass is 447 g/mol. The van der Waals surface area contributed by atoms with Gasteiger partial charge >= 0.3 is 0 Å². The highest BCUT2D eigenvalue weighted by Gasteiger charge is 2.48. The molecule has 0 aliphatic heterocycles. The molecule has 1 aromatic carbocycles. The highest BCUT2D eigenvalue weighted by Crippen LogP contribution is 2.47. The van der Waals surface area contributed by atoms with E-state index in [0.717, 1.165) is 0 Å². The van der Waals surface area contributed by atoms with E-state index in [2.05, 4.69) is 9.97 Å². The number of carbonyl (C=O) groups excluding carboxylic acids is 2. The van der Waals surface area contributed by atoms with Crippen molar-refractivity contribution in [2.45, 2.75) is 30.4 Å². The lowest BCUT2D eigenvalue weighted by molar-refractivity contribution is 0.1000. The predicted molar refractivity (Wildman–Crippen MR) is 111 cm³/mol. The molecule has 30 heavy (non-hydrogen) atoms. The van der Waals surface area contributed by atoms with E-state index >= 15 is 0 Å². The number of hydrogen-bond donors (Lipinski definition) is 3. The van der Waals surface area contributed by atoms with Crippen LogP contribution < -0.4 is 5.73 Å². The number of nitrogens with one attached hydrogen (secondary N) is 1. The maximum atomic E-state index is 13.5. The van der Waals surface area contributed by atoms with Crippen molar-refractivity contribution in [3.63, 3.8) is 0 Å². The molecule has 0 spiro atoms. The fourth-order valence-electron chi connectivity index (χ4n) is 4.21. The number of fused-ring (bicyclic) bond motifs is 1. The summed E-state index contributed by atoms with van der Waals surface area (Å²) in [6.07, 6.45) is 4.38. The molecule has 1 saturated carbocycles. The Balaban J connectivity index is 1.98. The van der Waals surface area contributed by atoms with Crippen molar-refractivity contribution in [2.75, 3.05) is 0 Å². The molecule has 1 aliphatic carbocycles. The Hall–Kier alpha value is -2.75. The van der Waals surface area contributed by atoms with Crippen molar-refractivity contribution in [1.29, 1.82) is 0 Å². The van der Waals surface area contributed by atoms with Crippen LogP contribution in [-0.4, -0.2) is 34.6 Å². The van der Waals surface area contributed by atoms with Gasteiger partial charge in [0.1, 0.15) is 10.4 Å². The molecule has 1 fully saturated rings. The number of nitrogens with zero attached hydrogens (tertiary/aromatic N) is 1. The van der Waals surface area contributed by atoms with Gasteiger partial charge in [0.05, 0.1) is 5.02 Å². The summed E-state index contributed by atoms with van der Waals surface area (Å²) < 4.78 is 33.3. The zero-order valence-corrected chi connectivity index (χ0v) is 17.3. The van der Waals surface area contributed by atoms with E-state index in [1.54, 1.807) is 6.07 Å². The number of aromatic nitrogens is 2. The Morgan fingerprint density at radius 2 is 1.87 bits per heavy atom. The van der Waals surface area contributed by atoms with Gasteiger partial charge in [0.15, 0.2) is 5.78 Å². The Morgan fingerprint density at radius 3 is 2.50 bits per heavy atom. The molecule has 0 unspecified atom stereocenters. The molecular weight excluding hydrogens is 430 g/mol. The standard InChI is InChI=1S/C20H18ClN3O5S/c21-12-8-13-15(10-24-19(13)23-9-12)17(25)14-7-11(18(22)26)3-4-16(14)20(30(27,28)29)5-1-2-6-20/h3-4,7-10H,1-2,5-6H2,(H2,22,26)(H,23,24)(H,27,28,29).